The fourth-order valence-corrected chi connectivity index (χ4v) is 3.29. The van der Waals surface area contributed by atoms with Gasteiger partial charge in [-0.15, -0.1) is 0 Å². The number of amides is 1. The van der Waals surface area contributed by atoms with Gasteiger partial charge in [-0.05, 0) is 69.5 Å². The standard InChI is InChI=1S/C24H36N4O/c25-15-9-18-26-16-7-8-17-27-19-10-20-28-24(29)23(21-11-3-1-4-12-21)22-13-5-2-6-14-22/h1-6,11-14,23,26-27H,7-10,15-20,25H2,(H,28,29). The molecule has 0 bridgehead atoms. The minimum absolute atomic E-state index is 0.0611. The van der Waals surface area contributed by atoms with E-state index in [-0.39, 0.29) is 11.8 Å². The maximum atomic E-state index is 12.9. The normalized spacial score (nSPS) is 11.0. The number of carbonyl (C=O) groups excluding carboxylic acids is 1. The van der Waals surface area contributed by atoms with E-state index >= 15 is 0 Å². The summed E-state index contributed by atoms with van der Waals surface area (Å²) >= 11 is 0. The molecule has 0 heterocycles. The molecule has 0 saturated carbocycles. The first-order valence-corrected chi connectivity index (χ1v) is 10.8. The average molecular weight is 397 g/mol. The van der Waals surface area contributed by atoms with Crippen molar-refractivity contribution in [2.45, 2.75) is 31.6 Å². The maximum Gasteiger partial charge on any atom is 0.232 e. The van der Waals surface area contributed by atoms with Crippen LogP contribution in [0.5, 0.6) is 0 Å². The zero-order chi connectivity index (χ0) is 20.6. The molecule has 0 saturated heterocycles. The van der Waals surface area contributed by atoms with Crippen molar-refractivity contribution in [2.75, 3.05) is 39.3 Å². The highest BCUT2D eigenvalue weighted by atomic mass is 16.1. The summed E-state index contributed by atoms with van der Waals surface area (Å²) in [5, 5.41) is 9.96. The summed E-state index contributed by atoms with van der Waals surface area (Å²) < 4.78 is 0. The van der Waals surface area contributed by atoms with Crippen LogP contribution in [0.1, 0.15) is 42.7 Å². The number of hydrogen-bond donors (Lipinski definition) is 4. The number of nitrogens with two attached hydrogens (primary N) is 1. The van der Waals surface area contributed by atoms with Gasteiger partial charge in [0.05, 0.1) is 5.92 Å². The highest BCUT2D eigenvalue weighted by Crippen LogP contribution is 2.24. The number of benzene rings is 2. The van der Waals surface area contributed by atoms with Crippen molar-refractivity contribution < 1.29 is 4.79 Å². The first kappa shape index (κ1) is 23.1. The van der Waals surface area contributed by atoms with Gasteiger partial charge in [-0.25, -0.2) is 0 Å². The summed E-state index contributed by atoms with van der Waals surface area (Å²) in [6.45, 7) is 5.44. The highest BCUT2D eigenvalue weighted by Gasteiger charge is 2.21. The average Bonchev–Trinajstić information content (AvgIpc) is 2.76. The number of hydrogen-bond acceptors (Lipinski definition) is 4. The first-order chi connectivity index (χ1) is 14.3. The Kier molecular flexibility index (Phi) is 11.7. The predicted molar refractivity (Wildman–Crippen MR) is 121 cm³/mol. The molecule has 0 radical (unpaired) electrons. The van der Waals surface area contributed by atoms with Gasteiger partial charge in [-0.3, -0.25) is 4.79 Å². The lowest BCUT2D eigenvalue weighted by Gasteiger charge is -2.18. The highest BCUT2D eigenvalue weighted by molar-refractivity contribution is 5.87. The second-order valence-corrected chi connectivity index (χ2v) is 7.25. The molecule has 29 heavy (non-hydrogen) atoms. The molecule has 0 spiro atoms. The summed E-state index contributed by atoms with van der Waals surface area (Å²) in [5.74, 6) is -0.205. The van der Waals surface area contributed by atoms with E-state index in [4.69, 9.17) is 5.73 Å². The molecule has 0 atom stereocenters. The lowest BCUT2D eigenvalue weighted by atomic mass is 9.90. The second-order valence-electron chi connectivity index (χ2n) is 7.25. The summed E-state index contributed by atoms with van der Waals surface area (Å²) in [5.41, 5.74) is 7.51. The quantitative estimate of drug-likeness (QED) is 0.349. The van der Waals surface area contributed by atoms with Crippen LogP contribution in [0.25, 0.3) is 0 Å². The molecule has 5 N–H and O–H groups in total. The predicted octanol–water partition coefficient (Wildman–Crippen LogP) is 2.63. The van der Waals surface area contributed by atoms with E-state index in [9.17, 15) is 4.79 Å². The van der Waals surface area contributed by atoms with Crippen molar-refractivity contribution in [3.63, 3.8) is 0 Å². The van der Waals surface area contributed by atoms with Gasteiger partial charge in [0, 0.05) is 6.54 Å². The fourth-order valence-electron chi connectivity index (χ4n) is 3.29. The molecule has 0 aliphatic heterocycles. The summed E-state index contributed by atoms with van der Waals surface area (Å²) in [7, 11) is 0. The van der Waals surface area contributed by atoms with E-state index in [0.717, 1.165) is 63.1 Å². The van der Waals surface area contributed by atoms with Crippen LogP contribution in [0.4, 0.5) is 0 Å². The van der Waals surface area contributed by atoms with E-state index in [2.05, 4.69) is 16.0 Å². The van der Waals surface area contributed by atoms with Crippen molar-refractivity contribution in [2.24, 2.45) is 5.73 Å². The molecule has 5 nitrogen and oxygen atoms in total. The third-order valence-electron chi connectivity index (χ3n) is 4.87. The molecule has 0 fully saturated rings. The van der Waals surface area contributed by atoms with Crippen LogP contribution in [-0.4, -0.2) is 45.2 Å². The molecule has 0 aliphatic rings. The first-order valence-electron chi connectivity index (χ1n) is 10.8. The van der Waals surface area contributed by atoms with Gasteiger partial charge in [0.1, 0.15) is 0 Å². The SMILES string of the molecule is NCCCNCCCCNCCCNC(=O)C(c1ccccc1)c1ccccc1. The lowest BCUT2D eigenvalue weighted by molar-refractivity contribution is -0.121. The van der Waals surface area contributed by atoms with Crippen molar-refractivity contribution >= 4 is 5.91 Å². The Hall–Kier alpha value is -2.21. The van der Waals surface area contributed by atoms with Crippen LogP contribution in [0.15, 0.2) is 60.7 Å². The molecule has 0 unspecified atom stereocenters. The van der Waals surface area contributed by atoms with E-state index in [1.807, 2.05) is 60.7 Å². The van der Waals surface area contributed by atoms with Crippen molar-refractivity contribution in [3.8, 4) is 0 Å². The van der Waals surface area contributed by atoms with Crippen molar-refractivity contribution in [1.29, 1.82) is 0 Å². The number of rotatable bonds is 15. The Labute approximate surface area is 175 Å². The molecule has 2 aromatic carbocycles. The Morgan fingerprint density at radius 3 is 1.69 bits per heavy atom. The van der Waals surface area contributed by atoms with Gasteiger partial charge >= 0.3 is 0 Å². The zero-order valence-electron chi connectivity index (χ0n) is 17.4. The number of unbranched alkanes of at least 4 members (excludes halogenated alkanes) is 1. The van der Waals surface area contributed by atoms with E-state index < -0.39 is 0 Å². The van der Waals surface area contributed by atoms with Gasteiger partial charge in [0.15, 0.2) is 0 Å². The Morgan fingerprint density at radius 1 is 0.690 bits per heavy atom. The topological polar surface area (TPSA) is 79.2 Å². The van der Waals surface area contributed by atoms with Crippen LogP contribution in [0.3, 0.4) is 0 Å². The van der Waals surface area contributed by atoms with E-state index in [1.54, 1.807) is 0 Å². The van der Waals surface area contributed by atoms with Crippen LogP contribution in [0, 0.1) is 0 Å². The van der Waals surface area contributed by atoms with Crippen LogP contribution < -0.4 is 21.7 Å². The fraction of sp³-hybridized carbons (Fsp3) is 0.458. The van der Waals surface area contributed by atoms with Gasteiger partial charge in [-0.1, -0.05) is 60.7 Å². The molecule has 5 heteroatoms. The Balaban J connectivity index is 1.64. The summed E-state index contributed by atoms with van der Waals surface area (Å²) in [4.78, 5) is 12.9. The second kappa shape index (κ2) is 14.7. The van der Waals surface area contributed by atoms with Gasteiger partial charge < -0.3 is 21.7 Å². The zero-order valence-corrected chi connectivity index (χ0v) is 17.4. The Morgan fingerprint density at radius 2 is 1.17 bits per heavy atom. The molecule has 1 amide bonds. The number of carbonyl (C=O) groups is 1. The summed E-state index contributed by atoms with van der Waals surface area (Å²) in [6.07, 6.45) is 4.30. The van der Waals surface area contributed by atoms with Crippen LogP contribution >= 0.6 is 0 Å². The monoisotopic (exact) mass is 396 g/mol. The van der Waals surface area contributed by atoms with Crippen molar-refractivity contribution in [3.05, 3.63) is 71.8 Å². The van der Waals surface area contributed by atoms with Gasteiger partial charge in [0.25, 0.3) is 0 Å². The smallest absolute Gasteiger partial charge is 0.232 e. The van der Waals surface area contributed by atoms with E-state index in [1.165, 1.54) is 6.42 Å². The lowest BCUT2D eigenvalue weighted by Crippen LogP contribution is -2.32. The van der Waals surface area contributed by atoms with Crippen molar-refractivity contribution in [1.82, 2.24) is 16.0 Å². The third-order valence-corrected chi connectivity index (χ3v) is 4.87. The largest absolute Gasteiger partial charge is 0.355 e. The summed E-state index contributed by atoms with van der Waals surface area (Å²) in [6, 6.07) is 20.0. The van der Waals surface area contributed by atoms with Gasteiger partial charge in [0.2, 0.25) is 5.91 Å². The molecule has 2 aromatic rings. The molecule has 0 aromatic heterocycles. The molecule has 0 aliphatic carbocycles. The molecular formula is C24H36N4O. The minimum Gasteiger partial charge on any atom is -0.355 e. The number of nitrogens with one attached hydrogen (secondary N) is 3. The third kappa shape index (κ3) is 9.22. The van der Waals surface area contributed by atoms with Crippen LogP contribution in [-0.2, 0) is 4.79 Å². The maximum absolute atomic E-state index is 12.9. The van der Waals surface area contributed by atoms with E-state index in [0.29, 0.717) is 6.54 Å². The van der Waals surface area contributed by atoms with Gasteiger partial charge in [-0.2, -0.15) is 0 Å². The Bertz CT molecular complexity index is 624. The minimum atomic E-state index is -0.267. The molecule has 2 rings (SSSR count). The molecular weight excluding hydrogens is 360 g/mol. The van der Waals surface area contributed by atoms with Crippen LogP contribution in [0.2, 0.25) is 0 Å². The molecule has 158 valence electrons.